The second-order valence-corrected chi connectivity index (χ2v) is 6.06. The number of hydrogen-bond acceptors (Lipinski definition) is 5. The second-order valence-electron chi connectivity index (χ2n) is 6.06. The molecule has 0 bridgehead atoms. The number of esters is 1. The van der Waals surface area contributed by atoms with Gasteiger partial charge in [0.05, 0.1) is 19.6 Å². The van der Waals surface area contributed by atoms with Crippen molar-refractivity contribution in [1.29, 1.82) is 0 Å². The van der Waals surface area contributed by atoms with Crippen LogP contribution in [0.2, 0.25) is 0 Å². The summed E-state index contributed by atoms with van der Waals surface area (Å²) in [5.74, 6) is -0.807. The van der Waals surface area contributed by atoms with E-state index in [9.17, 15) is 14.9 Å². The van der Waals surface area contributed by atoms with E-state index in [-0.39, 0.29) is 12.5 Å². The zero-order chi connectivity index (χ0) is 17.8. The molecule has 0 radical (unpaired) electrons. The Morgan fingerprint density at radius 3 is 2.56 bits per heavy atom. The molecule has 6 heteroatoms. The van der Waals surface area contributed by atoms with Crippen molar-refractivity contribution >= 4 is 11.7 Å². The Bertz CT molecular complexity index is 763. The SMILES string of the molecule is COC(=O)C(C[C@H](c1ccccc1)N1CCc2ccccc21)[N+](=O)[O-]. The number of methoxy groups -OCH3 is 1. The van der Waals surface area contributed by atoms with Gasteiger partial charge < -0.3 is 9.64 Å². The van der Waals surface area contributed by atoms with Crippen molar-refractivity contribution in [2.24, 2.45) is 0 Å². The lowest BCUT2D eigenvalue weighted by molar-refractivity contribution is -0.511. The Morgan fingerprint density at radius 2 is 1.88 bits per heavy atom. The summed E-state index contributed by atoms with van der Waals surface area (Å²) in [6, 6.07) is 16.0. The highest BCUT2D eigenvalue weighted by Crippen LogP contribution is 2.37. The van der Waals surface area contributed by atoms with E-state index in [0.29, 0.717) is 0 Å². The average molecular weight is 340 g/mol. The molecule has 0 N–H and O–H groups in total. The average Bonchev–Trinajstić information content (AvgIpc) is 3.06. The second kappa shape index (κ2) is 7.34. The van der Waals surface area contributed by atoms with Crippen LogP contribution in [-0.2, 0) is 16.0 Å². The third-order valence-electron chi connectivity index (χ3n) is 4.66. The summed E-state index contributed by atoms with van der Waals surface area (Å²) in [6.07, 6.45) is 0.957. The highest BCUT2D eigenvalue weighted by Gasteiger charge is 2.38. The summed E-state index contributed by atoms with van der Waals surface area (Å²) >= 11 is 0. The van der Waals surface area contributed by atoms with Crippen molar-refractivity contribution in [1.82, 2.24) is 0 Å². The molecular weight excluding hydrogens is 320 g/mol. The zero-order valence-electron chi connectivity index (χ0n) is 14.0. The van der Waals surface area contributed by atoms with Gasteiger partial charge in [-0.3, -0.25) is 10.1 Å². The molecule has 1 unspecified atom stereocenters. The minimum absolute atomic E-state index is 0.0675. The fourth-order valence-corrected chi connectivity index (χ4v) is 3.42. The molecule has 6 nitrogen and oxygen atoms in total. The molecule has 0 aliphatic carbocycles. The van der Waals surface area contributed by atoms with Gasteiger partial charge in [-0.2, -0.15) is 0 Å². The van der Waals surface area contributed by atoms with Gasteiger partial charge >= 0.3 is 12.0 Å². The van der Waals surface area contributed by atoms with Crippen molar-refractivity contribution < 1.29 is 14.5 Å². The van der Waals surface area contributed by atoms with E-state index < -0.39 is 16.9 Å². The van der Waals surface area contributed by atoms with Crippen molar-refractivity contribution in [3.63, 3.8) is 0 Å². The van der Waals surface area contributed by atoms with Crippen LogP contribution >= 0.6 is 0 Å². The summed E-state index contributed by atoms with van der Waals surface area (Å²) in [6.45, 7) is 0.768. The first kappa shape index (κ1) is 17.0. The number of nitrogens with zero attached hydrogens (tertiary/aromatic N) is 2. The summed E-state index contributed by atoms with van der Waals surface area (Å²) in [5, 5.41) is 11.4. The first-order chi connectivity index (χ1) is 12.1. The summed E-state index contributed by atoms with van der Waals surface area (Å²) in [7, 11) is 1.18. The van der Waals surface area contributed by atoms with Gasteiger partial charge in [0, 0.05) is 17.2 Å². The summed E-state index contributed by atoms with van der Waals surface area (Å²) < 4.78 is 4.64. The van der Waals surface area contributed by atoms with Crippen molar-refractivity contribution in [2.75, 3.05) is 18.6 Å². The maximum absolute atomic E-state index is 11.9. The van der Waals surface area contributed by atoms with Gasteiger partial charge in [0.1, 0.15) is 0 Å². The van der Waals surface area contributed by atoms with Gasteiger partial charge in [-0.15, -0.1) is 0 Å². The lowest BCUT2D eigenvalue weighted by atomic mass is 9.97. The van der Waals surface area contributed by atoms with E-state index in [1.165, 1.54) is 12.7 Å². The van der Waals surface area contributed by atoms with Crippen LogP contribution in [0.4, 0.5) is 5.69 Å². The number of anilines is 1. The molecule has 0 saturated carbocycles. The molecule has 3 rings (SSSR count). The van der Waals surface area contributed by atoms with Crippen LogP contribution in [0.3, 0.4) is 0 Å². The molecule has 0 spiro atoms. The van der Waals surface area contributed by atoms with Gasteiger partial charge in [0.2, 0.25) is 0 Å². The fraction of sp³-hybridized carbons (Fsp3) is 0.316. The molecule has 2 aromatic carbocycles. The molecule has 0 aromatic heterocycles. The number of hydrogen-bond donors (Lipinski definition) is 0. The number of fused-ring (bicyclic) bond motifs is 1. The number of nitro groups is 1. The van der Waals surface area contributed by atoms with Crippen LogP contribution < -0.4 is 4.90 Å². The van der Waals surface area contributed by atoms with E-state index in [0.717, 1.165) is 24.2 Å². The molecule has 2 atom stereocenters. The van der Waals surface area contributed by atoms with Crippen LogP contribution in [0.15, 0.2) is 54.6 Å². The highest BCUT2D eigenvalue weighted by molar-refractivity contribution is 5.74. The van der Waals surface area contributed by atoms with Crippen molar-refractivity contribution in [2.45, 2.75) is 24.9 Å². The molecule has 0 fully saturated rings. The van der Waals surface area contributed by atoms with Gasteiger partial charge in [0.25, 0.3) is 0 Å². The van der Waals surface area contributed by atoms with Gasteiger partial charge in [-0.1, -0.05) is 48.5 Å². The van der Waals surface area contributed by atoms with Crippen molar-refractivity contribution in [3.8, 4) is 0 Å². The normalized spacial score (nSPS) is 15.3. The molecule has 1 aliphatic rings. The van der Waals surface area contributed by atoms with Crippen LogP contribution in [0, 0.1) is 10.1 Å². The number of para-hydroxylation sites is 1. The Kier molecular flexibility index (Phi) is 4.97. The number of carbonyl (C=O) groups excluding carboxylic acids is 1. The topological polar surface area (TPSA) is 72.7 Å². The van der Waals surface area contributed by atoms with E-state index in [4.69, 9.17) is 0 Å². The molecular formula is C19H20N2O4. The predicted molar refractivity (Wildman–Crippen MR) is 94.1 cm³/mol. The largest absolute Gasteiger partial charge is 0.464 e. The summed E-state index contributed by atoms with van der Waals surface area (Å²) in [4.78, 5) is 24.9. The first-order valence-electron chi connectivity index (χ1n) is 8.22. The van der Waals surface area contributed by atoms with E-state index in [1.54, 1.807) is 0 Å². The lowest BCUT2D eigenvalue weighted by Crippen LogP contribution is -2.37. The van der Waals surface area contributed by atoms with Crippen LogP contribution in [0.1, 0.15) is 23.6 Å². The van der Waals surface area contributed by atoms with E-state index in [2.05, 4.69) is 15.7 Å². The maximum atomic E-state index is 11.9. The number of rotatable bonds is 6. The van der Waals surface area contributed by atoms with Crippen LogP contribution in [0.25, 0.3) is 0 Å². The standard InChI is InChI=1S/C19H20N2O4/c1-25-19(22)18(21(23)24)13-17(14-7-3-2-4-8-14)20-12-11-15-9-5-6-10-16(15)20/h2-10,17-18H,11-13H2,1H3/t17-,18?/m1/s1. The van der Waals surface area contributed by atoms with Crippen LogP contribution in [-0.4, -0.2) is 30.6 Å². The molecule has 0 amide bonds. The zero-order valence-corrected chi connectivity index (χ0v) is 14.0. The Hall–Kier alpha value is -2.89. The van der Waals surface area contributed by atoms with Gasteiger partial charge in [-0.05, 0) is 23.6 Å². The number of benzene rings is 2. The number of carbonyl (C=O) groups is 1. The fourth-order valence-electron chi connectivity index (χ4n) is 3.42. The third kappa shape index (κ3) is 3.47. The van der Waals surface area contributed by atoms with E-state index >= 15 is 0 Å². The molecule has 0 saturated heterocycles. The highest BCUT2D eigenvalue weighted by atomic mass is 16.6. The minimum atomic E-state index is -1.39. The summed E-state index contributed by atoms with van der Waals surface area (Å²) in [5.41, 5.74) is 3.25. The number of ether oxygens (including phenoxy) is 1. The van der Waals surface area contributed by atoms with Gasteiger partial charge in [-0.25, -0.2) is 4.79 Å². The Morgan fingerprint density at radius 1 is 1.20 bits per heavy atom. The molecule has 25 heavy (non-hydrogen) atoms. The van der Waals surface area contributed by atoms with E-state index in [1.807, 2.05) is 48.5 Å². The lowest BCUT2D eigenvalue weighted by Gasteiger charge is -2.31. The predicted octanol–water partition coefficient (Wildman–Crippen LogP) is 3.00. The first-order valence-corrected chi connectivity index (χ1v) is 8.22. The smallest absolute Gasteiger partial charge is 0.381 e. The Balaban J connectivity index is 1.97. The Labute approximate surface area is 146 Å². The maximum Gasteiger partial charge on any atom is 0.381 e. The molecule has 1 aliphatic heterocycles. The molecule has 1 heterocycles. The quantitative estimate of drug-likeness (QED) is 0.459. The minimum Gasteiger partial charge on any atom is -0.464 e. The van der Waals surface area contributed by atoms with Gasteiger partial charge in [0.15, 0.2) is 0 Å². The monoisotopic (exact) mass is 340 g/mol. The molecule has 130 valence electrons. The molecule has 2 aromatic rings. The van der Waals surface area contributed by atoms with Crippen molar-refractivity contribution in [3.05, 3.63) is 75.8 Å². The van der Waals surface area contributed by atoms with Crippen LogP contribution in [0.5, 0.6) is 0 Å². The third-order valence-corrected chi connectivity index (χ3v) is 4.66.